The highest BCUT2D eigenvalue weighted by Crippen LogP contribution is 2.26. The van der Waals surface area contributed by atoms with Gasteiger partial charge in [0.2, 0.25) is 0 Å². The summed E-state index contributed by atoms with van der Waals surface area (Å²) in [6.07, 6.45) is 4.56. The van der Waals surface area contributed by atoms with Crippen LogP contribution in [-0.4, -0.2) is 52.7 Å². The second-order valence-electron chi connectivity index (χ2n) is 9.20. The molecule has 214 valence electrons. The van der Waals surface area contributed by atoms with Gasteiger partial charge in [-0.1, -0.05) is 42.6 Å². The largest absolute Gasteiger partial charge is 0.494 e. The number of benzene rings is 2. The van der Waals surface area contributed by atoms with Gasteiger partial charge in [-0.25, -0.2) is 0 Å². The fourth-order valence-electron chi connectivity index (χ4n) is 4.18. The van der Waals surface area contributed by atoms with Gasteiger partial charge >= 0.3 is 0 Å². The lowest BCUT2D eigenvalue weighted by Gasteiger charge is -2.20. The Labute approximate surface area is 235 Å². The van der Waals surface area contributed by atoms with E-state index in [-0.39, 0.29) is 6.10 Å². The molecule has 2 aromatic carbocycles. The Morgan fingerprint density at radius 1 is 0.816 bits per heavy atom. The Kier molecular flexibility index (Phi) is 17.4. The first-order valence-electron chi connectivity index (χ1n) is 14.2. The Morgan fingerprint density at radius 3 is 2.39 bits per heavy atom. The van der Waals surface area contributed by atoms with Crippen molar-refractivity contribution >= 4 is 11.6 Å². The molecular weight excluding hydrogens is 502 g/mol. The Balaban J connectivity index is 1.56. The standard InChI is InChI=1S/C31H48ClNO5/c1-5-34-23-27-21-26(15-16-30(27)37-6-2)31(38-7-3)22-33-17-10-8-9-11-18-35-19-20-36-24-28-25(4)13-12-14-29(28)32/h12-16,21,31,33H,5-11,17-20,22-24H2,1-4H3. The number of halogens is 1. The maximum absolute atomic E-state index is 6.24. The molecule has 7 heteroatoms. The molecule has 0 saturated heterocycles. The number of aryl methyl sites for hydroxylation is 1. The monoisotopic (exact) mass is 549 g/mol. The van der Waals surface area contributed by atoms with Crippen molar-refractivity contribution in [3.63, 3.8) is 0 Å². The maximum Gasteiger partial charge on any atom is 0.124 e. The fourth-order valence-corrected chi connectivity index (χ4v) is 4.46. The van der Waals surface area contributed by atoms with Crippen LogP contribution in [-0.2, 0) is 32.2 Å². The van der Waals surface area contributed by atoms with Crippen LogP contribution in [0.5, 0.6) is 5.75 Å². The smallest absolute Gasteiger partial charge is 0.124 e. The lowest BCUT2D eigenvalue weighted by atomic mass is 10.0. The van der Waals surface area contributed by atoms with Crippen LogP contribution in [0.1, 0.15) is 74.8 Å². The maximum atomic E-state index is 6.24. The van der Waals surface area contributed by atoms with Crippen LogP contribution < -0.4 is 10.1 Å². The summed E-state index contributed by atoms with van der Waals surface area (Å²) in [4.78, 5) is 0. The van der Waals surface area contributed by atoms with Gasteiger partial charge in [-0.2, -0.15) is 0 Å². The molecule has 0 amide bonds. The average Bonchev–Trinajstić information content (AvgIpc) is 2.91. The molecule has 1 N–H and O–H groups in total. The summed E-state index contributed by atoms with van der Waals surface area (Å²) >= 11 is 6.24. The molecule has 2 rings (SSSR count). The quantitative estimate of drug-likeness (QED) is 0.159. The third-order valence-corrected chi connectivity index (χ3v) is 6.63. The highest BCUT2D eigenvalue weighted by molar-refractivity contribution is 6.31. The molecule has 1 atom stereocenters. The Hall–Kier alpha value is -1.67. The summed E-state index contributed by atoms with van der Waals surface area (Å²) in [6, 6.07) is 12.2. The summed E-state index contributed by atoms with van der Waals surface area (Å²) in [7, 11) is 0. The van der Waals surface area contributed by atoms with Gasteiger partial charge in [0.25, 0.3) is 0 Å². The van der Waals surface area contributed by atoms with Crippen LogP contribution in [0.2, 0.25) is 5.02 Å². The number of nitrogens with one attached hydrogen (secondary N) is 1. The van der Waals surface area contributed by atoms with Crippen molar-refractivity contribution in [2.24, 2.45) is 0 Å². The summed E-state index contributed by atoms with van der Waals surface area (Å²) in [5, 5.41) is 4.33. The predicted molar refractivity (Wildman–Crippen MR) is 155 cm³/mol. The van der Waals surface area contributed by atoms with Crippen LogP contribution in [0.15, 0.2) is 36.4 Å². The van der Waals surface area contributed by atoms with Gasteiger partial charge in [0, 0.05) is 37.0 Å². The summed E-state index contributed by atoms with van der Waals surface area (Å²) in [5.41, 5.74) is 4.44. The van der Waals surface area contributed by atoms with Gasteiger partial charge in [0.15, 0.2) is 0 Å². The van der Waals surface area contributed by atoms with Gasteiger partial charge in [-0.15, -0.1) is 0 Å². The second-order valence-corrected chi connectivity index (χ2v) is 9.61. The topological polar surface area (TPSA) is 58.2 Å². The van der Waals surface area contributed by atoms with E-state index in [9.17, 15) is 0 Å². The van der Waals surface area contributed by atoms with Crippen LogP contribution in [0.3, 0.4) is 0 Å². The second kappa shape index (κ2) is 20.3. The molecule has 0 aliphatic carbocycles. The van der Waals surface area contributed by atoms with E-state index >= 15 is 0 Å². The lowest BCUT2D eigenvalue weighted by Crippen LogP contribution is -2.24. The molecule has 0 spiro atoms. The number of rotatable bonds is 22. The Morgan fingerprint density at radius 2 is 1.63 bits per heavy atom. The zero-order chi connectivity index (χ0) is 27.4. The minimum atomic E-state index is 0.00787. The highest BCUT2D eigenvalue weighted by Gasteiger charge is 2.14. The summed E-state index contributed by atoms with van der Waals surface area (Å²) in [6.45, 7) is 14.9. The zero-order valence-corrected chi connectivity index (χ0v) is 24.6. The number of unbranched alkanes of at least 4 members (excludes halogenated alkanes) is 3. The molecule has 0 aliphatic heterocycles. The van der Waals surface area contributed by atoms with Crippen LogP contribution >= 0.6 is 11.6 Å². The number of hydrogen-bond acceptors (Lipinski definition) is 6. The molecule has 0 bridgehead atoms. The SMILES string of the molecule is CCOCc1cc(C(CNCCCCCCOCCOCc2c(C)cccc2Cl)OCC)ccc1OCC. The number of hydrogen-bond donors (Lipinski definition) is 1. The highest BCUT2D eigenvalue weighted by atomic mass is 35.5. The average molecular weight is 550 g/mol. The van der Waals surface area contributed by atoms with Crippen LogP contribution in [0.4, 0.5) is 0 Å². The van der Waals surface area contributed by atoms with Crippen molar-refractivity contribution in [1.29, 1.82) is 0 Å². The summed E-state index contributed by atoms with van der Waals surface area (Å²) < 4.78 is 28.9. The van der Waals surface area contributed by atoms with E-state index in [2.05, 4.69) is 30.4 Å². The van der Waals surface area contributed by atoms with Crippen LogP contribution in [0, 0.1) is 6.92 Å². The first-order valence-corrected chi connectivity index (χ1v) is 14.5. The third-order valence-electron chi connectivity index (χ3n) is 6.28. The van der Waals surface area contributed by atoms with Crippen LogP contribution in [0.25, 0.3) is 0 Å². The predicted octanol–water partition coefficient (Wildman–Crippen LogP) is 7.04. The van der Waals surface area contributed by atoms with Crippen molar-refractivity contribution in [2.45, 2.75) is 72.7 Å². The van der Waals surface area contributed by atoms with Crippen molar-refractivity contribution < 1.29 is 23.7 Å². The fraction of sp³-hybridized carbons (Fsp3) is 0.613. The van der Waals surface area contributed by atoms with E-state index in [0.29, 0.717) is 46.2 Å². The van der Waals surface area contributed by atoms with E-state index in [1.54, 1.807) is 0 Å². The molecule has 2 aromatic rings. The Bertz CT molecular complexity index is 874. The molecule has 0 aromatic heterocycles. The van der Waals surface area contributed by atoms with E-state index in [1.165, 1.54) is 6.42 Å². The van der Waals surface area contributed by atoms with Gasteiger partial charge in [-0.3, -0.25) is 0 Å². The zero-order valence-electron chi connectivity index (χ0n) is 23.9. The normalized spacial score (nSPS) is 12.1. The molecule has 0 saturated carbocycles. The van der Waals surface area contributed by atoms with Gasteiger partial charge < -0.3 is 29.0 Å². The van der Waals surface area contributed by atoms with E-state index in [4.69, 9.17) is 35.3 Å². The van der Waals surface area contributed by atoms with Crippen molar-refractivity contribution in [3.05, 3.63) is 63.7 Å². The first kappa shape index (κ1) is 32.5. The van der Waals surface area contributed by atoms with Crippen molar-refractivity contribution in [3.8, 4) is 5.75 Å². The van der Waals surface area contributed by atoms with Gasteiger partial charge in [0.05, 0.1) is 39.1 Å². The lowest BCUT2D eigenvalue weighted by molar-refractivity contribution is 0.0391. The minimum absolute atomic E-state index is 0.00787. The molecule has 0 heterocycles. The molecule has 38 heavy (non-hydrogen) atoms. The summed E-state index contributed by atoms with van der Waals surface area (Å²) in [5.74, 6) is 0.886. The first-order chi connectivity index (χ1) is 18.6. The van der Waals surface area contributed by atoms with E-state index < -0.39 is 0 Å². The molecule has 0 fully saturated rings. The van der Waals surface area contributed by atoms with Gasteiger partial charge in [0.1, 0.15) is 5.75 Å². The van der Waals surface area contributed by atoms with Crippen molar-refractivity contribution in [2.75, 3.05) is 52.7 Å². The minimum Gasteiger partial charge on any atom is -0.494 e. The molecule has 1 unspecified atom stereocenters. The molecular formula is C31H48ClNO5. The molecule has 0 radical (unpaired) electrons. The molecule has 0 aliphatic rings. The van der Waals surface area contributed by atoms with E-state index in [1.807, 2.05) is 39.0 Å². The van der Waals surface area contributed by atoms with Gasteiger partial charge in [-0.05, 0) is 82.0 Å². The number of ether oxygens (including phenoxy) is 5. The van der Waals surface area contributed by atoms with E-state index in [0.717, 1.165) is 72.0 Å². The molecule has 6 nitrogen and oxygen atoms in total. The third kappa shape index (κ3) is 12.5. The van der Waals surface area contributed by atoms with Crippen molar-refractivity contribution in [1.82, 2.24) is 5.32 Å².